The first kappa shape index (κ1) is 52.8. The number of para-hydroxylation sites is 4. The molecule has 0 unspecified atom stereocenters. The van der Waals surface area contributed by atoms with Gasteiger partial charge in [-0.3, -0.25) is 0 Å². The van der Waals surface area contributed by atoms with E-state index in [9.17, 15) is 26.4 Å². The highest BCUT2D eigenvalue weighted by atomic mass is 32.2. The molecule has 0 atom stereocenters. The predicted molar refractivity (Wildman–Crippen MR) is 293 cm³/mol. The summed E-state index contributed by atoms with van der Waals surface area (Å²) in [6.07, 6.45) is 0.187. The minimum atomic E-state index is -4.57. The number of ether oxygens (including phenoxy) is 4. The van der Waals surface area contributed by atoms with E-state index in [2.05, 4.69) is 0 Å². The van der Waals surface area contributed by atoms with Crippen LogP contribution in [0, 0.1) is 0 Å². The standard InChI is InChI=1S/C60H58N2O12S2/c1-7-69-55(63)37-71-57-39-17-9-18-40(57)34-44-22-12-24-46(60(44)74-76(67,68)54-32-16-26-48-50(54)28-14-30-52(48)62(5)6)36-42-20-10-19-41(58(42)72-38-56(64)70-8-2)35-45-23-11-21-43(33-39)59(45)73-75(65,66)53-31-15-25-47-49(53)27-13-29-51(47)61(3)4/h9-32H,7-8,33-38H2,1-6H3. The lowest BCUT2D eigenvalue weighted by molar-refractivity contribution is -0.146. The second-order valence-electron chi connectivity index (χ2n) is 18.6. The summed E-state index contributed by atoms with van der Waals surface area (Å²) in [7, 11) is -1.58. The molecule has 16 heteroatoms. The van der Waals surface area contributed by atoms with Crippen LogP contribution in [-0.4, -0.2) is 83.4 Å². The average Bonchev–Trinajstić information content (AvgIpc) is 3.46. The maximum Gasteiger partial charge on any atom is 0.344 e. The summed E-state index contributed by atoms with van der Waals surface area (Å²) in [5, 5.41) is 2.38. The van der Waals surface area contributed by atoms with Gasteiger partial charge in [0, 0.05) is 109 Å². The molecule has 76 heavy (non-hydrogen) atoms. The first-order valence-corrected chi connectivity index (χ1v) is 27.7. The fourth-order valence-electron chi connectivity index (χ4n) is 9.79. The summed E-state index contributed by atoms with van der Waals surface area (Å²) in [5.41, 5.74) is 5.77. The van der Waals surface area contributed by atoms with Crippen molar-refractivity contribution >= 4 is 65.1 Å². The highest BCUT2D eigenvalue weighted by molar-refractivity contribution is 7.87. The third-order valence-electron chi connectivity index (χ3n) is 13.1. The van der Waals surface area contributed by atoms with Crippen LogP contribution in [0.5, 0.6) is 23.0 Å². The van der Waals surface area contributed by atoms with E-state index in [1.807, 2.05) is 111 Å². The Hall–Kier alpha value is -8.08. The minimum absolute atomic E-state index is 0.0301. The van der Waals surface area contributed by atoms with Crippen molar-refractivity contribution in [3.8, 4) is 23.0 Å². The second kappa shape index (κ2) is 22.4. The second-order valence-corrected chi connectivity index (χ2v) is 21.7. The van der Waals surface area contributed by atoms with Crippen LogP contribution >= 0.6 is 0 Å². The molecule has 0 radical (unpaired) electrons. The summed E-state index contributed by atoms with van der Waals surface area (Å²) in [4.78, 5) is 29.8. The van der Waals surface area contributed by atoms with Gasteiger partial charge < -0.3 is 37.1 Å². The van der Waals surface area contributed by atoms with Crippen LogP contribution in [0.2, 0.25) is 0 Å². The van der Waals surface area contributed by atoms with Gasteiger partial charge in [-0.1, -0.05) is 121 Å². The lowest BCUT2D eigenvalue weighted by Gasteiger charge is -2.22. The molecule has 0 saturated carbocycles. The average molecular weight is 1060 g/mol. The van der Waals surface area contributed by atoms with Crippen LogP contribution in [0.3, 0.4) is 0 Å². The van der Waals surface area contributed by atoms with Crippen molar-refractivity contribution in [3.05, 3.63) is 190 Å². The molecule has 8 aromatic carbocycles. The Balaban J connectivity index is 1.25. The first-order chi connectivity index (χ1) is 36.6. The van der Waals surface area contributed by atoms with Crippen molar-refractivity contribution in [2.75, 3.05) is 64.4 Å². The number of esters is 2. The normalized spacial score (nSPS) is 12.4. The fourth-order valence-corrected chi connectivity index (χ4v) is 12.2. The Morgan fingerprint density at radius 3 is 0.974 bits per heavy atom. The Morgan fingerprint density at radius 1 is 0.395 bits per heavy atom. The van der Waals surface area contributed by atoms with Crippen molar-refractivity contribution in [1.29, 1.82) is 0 Å². The van der Waals surface area contributed by atoms with Gasteiger partial charge in [0.1, 0.15) is 32.8 Å². The number of rotatable bonds is 16. The van der Waals surface area contributed by atoms with E-state index in [0.717, 1.165) is 22.1 Å². The van der Waals surface area contributed by atoms with Crippen molar-refractivity contribution in [2.24, 2.45) is 0 Å². The maximum atomic E-state index is 14.9. The Morgan fingerprint density at radius 2 is 0.671 bits per heavy atom. The smallest absolute Gasteiger partial charge is 0.344 e. The number of hydrogen-bond donors (Lipinski definition) is 0. The molecule has 9 rings (SSSR count). The highest BCUT2D eigenvalue weighted by Gasteiger charge is 2.29. The van der Waals surface area contributed by atoms with Crippen LogP contribution in [0.15, 0.2) is 155 Å². The van der Waals surface area contributed by atoms with E-state index < -0.39 is 45.4 Å². The van der Waals surface area contributed by atoms with Gasteiger partial charge in [-0.15, -0.1) is 0 Å². The summed E-state index contributed by atoms with van der Waals surface area (Å²) in [5.74, 6) is -0.483. The van der Waals surface area contributed by atoms with Crippen LogP contribution in [-0.2, 0) is 65.0 Å². The van der Waals surface area contributed by atoms with E-state index in [1.165, 1.54) is 12.1 Å². The Kier molecular flexibility index (Phi) is 15.6. The van der Waals surface area contributed by atoms with Crippen molar-refractivity contribution in [1.82, 2.24) is 0 Å². The first-order valence-electron chi connectivity index (χ1n) is 24.8. The Bertz CT molecular complexity index is 3410. The molecular weight excluding hydrogens is 1000 g/mol. The van der Waals surface area contributed by atoms with Gasteiger partial charge in [-0.05, 0) is 60.4 Å². The zero-order valence-electron chi connectivity index (χ0n) is 43.1. The molecule has 14 nitrogen and oxygen atoms in total. The van der Waals surface area contributed by atoms with E-state index in [-0.39, 0.29) is 60.2 Å². The molecule has 1 aliphatic rings. The lowest BCUT2D eigenvalue weighted by Crippen LogP contribution is -2.18. The molecular formula is C60H58N2O12S2. The molecule has 392 valence electrons. The zero-order valence-corrected chi connectivity index (χ0v) is 44.8. The molecule has 8 aromatic rings. The molecule has 0 amide bonds. The molecule has 1 aliphatic carbocycles. The topological polar surface area (TPSA) is 164 Å². The number of anilines is 2. The molecule has 0 aromatic heterocycles. The van der Waals surface area contributed by atoms with Crippen molar-refractivity contribution in [2.45, 2.75) is 49.3 Å². The van der Waals surface area contributed by atoms with E-state index in [1.54, 1.807) is 74.5 Å². The van der Waals surface area contributed by atoms with Gasteiger partial charge in [-0.2, -0.15) is 16.8 Å². The number of carbonyl (C=O) groups excluding carboxylic acids is 2. The zero-order chi connectivity index (χ0) is 53.7. The molecule has 0 heterocycles. The molecule has 0 aliphatic heterocycles. The fraction of sp³-hybridized carbons (Fsp3) is 0.233. The minimum Gasteiger partial charge on any atom is -0.481 e. The highest BCUT2D eigenvalue weighted by Crippen LogP contribution is 2.42. The van der Waals surface area contributed by atoms with Gasteiger partial charge in [0.2, 0.25) is 0 Å². The van der Waals surface area contributed by atoms with Gasteiger partial charge in [0.25, 0.3) is 0 Å². The Labute approximate surface area is 443 Å². The maximum absolute atomic E-state index is 14.9. The summed E-state index contributed by atoms with van der Waals surface area (Å²) in [6, 6.07) is 42.7. The summed E-state index contributed by atoms with van der Waals surface area (Å²) < 4.78 is 96.0. The van der Waals surface area contributed by atoms with Crippen LogP contribution < -0.4 is 27.6 Å². The summed E-state index contributed by atoms with van der Waals surface area (Å²) in [6.45, 7) is 2.73. The largest absolute Gasteiger partial charge is 0.481 e. The quantitative estimate of drug-likeness (QED) is 0.0663. The van der Waals surface area contributed by atoms with Crippen LogP contribution in [0.25, 0.3) is 21.5 Å². The molecule has 0 N–H and O–H groups in total. The third kappa shape index (κ3) is 11.1. The van der Waals surface area contributed by atoms with E-state index in [4.69, 9.17) is 27.3 Å². The van der Waals surface area contributed by atoms with Gasteiger partial charge in [-0.25, -0.2) is 9.59 Å². The summed E-state index contributed by atoms with van der Waals surface area (Å²) >= 11 is 0. The van der Waals surface area contributed by atoms with Gasteiger partial charge in [0.05, 0.1) is 13.2 Å². The number of benzene rings is 8. The van der Waals surface area contributed by atoms with E-state index >= 15 is 0 Å². The van der Waals surface area contributed by atoms with Crippen LogP contribution in [0.4, 0.5) is 11.4 Å². The molecule has 0 fully saturated rings. The van der Waals surface area contributed by atoms with Gasteiger partial charge in [0.15, 0.2) is 13.2 Å². The predicted octanol–water partition coefficient (Wildman–Crippen LogP) is 10.2. The van der Waals surface area contributed by atoms with Crippen molar-refractivity contribution < 1.29 is 53.7 Å². The SMILES string of the molecule is CCOC(=O)COc1c2cccc1Cc1cccc(c1OS(=O)(=O)c1cccc3c(N(C)C)cccc13)Cc1cccc(c1OCC(=O)OCC)Cc1cccc(c1OS(=O)(=O)c1cccc3c(N(C)C)cccc13)C2. The monoisotopic (exact) mass is 1060 g/mol. The number of carbonyl (C=O) groups is 2. The third-order valence-corrected chi connectivity index (χ3v) is 15.7. The number of fused-ring (bicyclic) bond motifs is 10. The van der Waals surface area contributed by atoms with Crippen molar-refractivity contribution in [3.63, 3.8) is 0 Å². The van der Waals surface area contributed by atoms with Gasteiger partial charge >= 0.3 is 32.2 Å². The number of nitrogens with zero attached hydrogens (tertiary/aromatic N) is 2. The van der Waals surface area contributed by atoms with Crippen LogP contribution in [0.1, 0.15) is 58.4 Å². The molecule has 8 bridgehead atoms. The molecule has 0 spiro atoms. The number of hydrogen-bond acceptors (Lipinski definition) is 14. The molecule has 0 saturated heterocycles. The lowest BCUT2D eigenvalue weighted by atomic mass is 9.91. The van der Waals surface area contributed by atoms with E-state index in [0.29, 0.717) is 66.8 Å².